The van der Waals surface area contributed by atoms with Crippen LogP contribution in [-0.4, -0.2) is 9.55 Å². The van der Waals surface area contributed by atoms with E-state index in [1.54, 1.807) is 0 Å². The van der Waals surface area contributed by atoms with E-state index in [9.17, 15) is 0 Å². The molecular formula is C61H65N4OPt-3. The van der Waals surface area contributed by atoms with E-state index in [0.29, 0.717) is 11.5 Å². The SMILES string of the molecule is CC(C)(C)c1cc(N2[CH-]N(c3[c-]c(Oc4[c-]c5c(cc4)c4cc(C(C)(C)C)ccc4n5-c4cc(C(C)(C)c5ccccc5)ccn4)ccc3)c3ccc(C(C)(C)C)cc32)cc(C(C)(C)C)c1.[Pt]. The Morgan fingerprint density at radius 3 is 1.76 bits per heavy atom. The van der Waals surface area contributed by atoms with Crippen LogP contribution in [0.15, 0.2) is 134 Å². The number of aromatic nitrogens is 2. The Morgan fingerprint density at radius 2 is 1.10 bits per heavy atom. The van der Waals surface area contributed by atoms with Crippen LogP contribution < -0.4 is 14.5 Å². The summed E-state index contributed by atoms with van der Waals surface area (Å²) in [6.45, 7) is 34.2. The van der Waals surface area contributed by atoms with Crippen molar-refractivity contribution in [1.82, 2.24) is 9.55 Å². The second-order valence-corrected chi connectivity index (χ2v) is 22.9. The van der Waals surface area contributed by atoms with Crippen molar-refractivity contribution in [2.24, 2.45) is 0 Å². The fraction of sp³-hybridized carbons (Fsp3) is 0.311. The van der Waals surface area contributed by atoms with Crippen LogP contribution in [0.2, 0.25) is 0 Å². The smallest absolute Gasteiger partial charge is 0.135 e. The fourth-order valence-corrected chi connectivity index (χ4v) is 9.03. The van der Waals surface area contributed by atoms with Crippen LogP contribution in [0, 0.1) is 18.8 Å². The van der Waals surface area contributed by atoms with E-state index in [0.717, 1.165) is 50.4 Å². The maximum Gasteiger partial charge on any atom is 0.135 e. The predicted molar refractivity (Wildman–Crippen MR) is 278 cm³/mol. The van der Waals surface area contributed by atoms with Crippen LogP contribution in [0.3, 0.4) is 0 Å². The molecule has 2 aromatic heterocycles. The van der Waals surface area contributed by atoms with Crippen LogP contribution in [0.1, 0.15) is 130 Å². The zero-order valence-electron chi connectivity index (χ0n) is 41.8. The number of rotatable bonds is 7. The first-order valence-corrected chi connectivity index (χ1v) is 23.4. The van der Waals surface area contributed by atoms with Gasteiger partial charge in [0.2, 0.25) is 0 Å². The van der Waals surface area contributed by atoms with Crippen LogP contribution in [0.5, 0.6) is 11.5 Å². The van der Waals surface area contributed by atoms with Crippen LogP contribution in [0.25, 0.3) is 27.6 Å². The summed E-state index contributed by atoms with van der Waals surface area (Å²) < 4.78 is 9.00. The third kappa shape index (κ3) is 9.21. The van der Waals surface area contributed by atoms with Crippen molar-refractivity contribution < 1.29 is 25.8 Å². The fourth-order valence-electron chi connectivity index (χ4n) is 9.03. The van der Waals surface area contributed by atoms with Crippen LogP contribution in [0.4, 0.5) is 22.7 Å². The first kappa shape index (κ1) is 47.8. The Balaban J connectivity index is 0.00000608. The molecule has 5 nitrogen and oxygen atoms in total. The van der Waals surface area contributed by atoms with Crippen molar-refractivity contribution in [3.8, 4) is 17.3 Å². The molecule has 348 valence electrons. The van der Waals surface area contributed by atoms with E-state index < -0.39 is 0 Å². The molecule has 1 aliphatic rings. The Kier molecular flexibility index (Phi) is 12.2. The van der Waals surface area contributed by atoms with Crippen molar-refractivity contribution in [3.63, 3.8) is 0 Å². The quantitative estimate of drug-likeness (QED) is 0.149. The van der Waals surface area contributed by atoms with E-state index in [1.165, 1.54) is 33.4 Å². The van der Waals surface area contributed by atoms with Crippen molar-refractivity contribution >= 4 is 44.6 Å². The minimum atomic E-state index is -0.235. The molecule has 0 amide bonds. The molecule has 67 heavy (non-hydrogen) atoms. The topological polar surface area (TPSA) is 33.5 Å². The monoisotopic (exact) mass is 1060 g/mol. The van der Waals surface area contributed by atoms with Crippen molar-refractivity contribution in [3.05, 3.63) is 186 Å². The van der Waals surface area contributed by atoms with Gasteiger partial charge in [0.25, 0.3) is 0 Å². The van der Waals surface area contributed by atoms with E-state index in [-0.39, 0.29) is 48.1 Å². The zero-order valence-corrected chi connectivity index (χ0v) is 44.1. The van der Waals surface area contributed by atoms with Gasteiger partial charge in [0.05, 0.1) is 0 Å². The Morgan fingerprint density at radius 1 is 0.478 bits per heavy atom. The summed E-state index contributed by atoms with van der Waals surface area (Å²) in [5, 5.41) is 2.26. The summed E-state index contributed by atoms with van der Waals surface area (Å²) in [5.41, 5.74) is 13.6. The molecule has 0 radical (unpaired) electrons. The van der Waals surface area contributed by atoms with Crippen molar-refractivity contribution in [1.29, 1.82) is 0 Å². The maximum absolute atomic E-state index is 6.76. The van der Waals surface area contributed by atoms with Gasteiger partial charge in [-0.25, -0.2) is 4.98 Å². The molecule has 0 atom stereocenters. The Hall–Kier alpha value is -5.64. The van der Waals surface area contributed by atoms with Gasteiger partial charge in [-0.3, -0.25) is 0 Å². The van der Waals surface area contributed by atoms with Crippen LogP contribution >= 0.6 is 0 Å². The van der Waals surface area contributed by atoms with Gasteiger partial charge in [-0.05, 0) is 103 Å². The number of fused-ring (bicyclic) bond motifs is 4. The van der Waals surface area contributed by atoms with Gasteiger partial charge in [-0.15, -0.1) is 48.1 Å². The van der Waals surface area contributed by atoms with Gasteiger partial charge in [0.15, 0.2) is 0 Å². The number of benzene rings is 6. The molecule has 0 N–H and O–H groups in total. The van der Waals surface area contributed by atoms with Gasteiger partial charge in [-0.2, -0.15) is 12.1 Å². The Labute approximate surface area is 414 Å². The molecule has 0 spiro atoms. The second-order valence-electron chi connectivity index (χ2n) is 22.9. The number of ether oxygens (including phenoxy) is 1. The van der Waals surface area contributed by atoms with E-state index in [2.05, 4.69) is 239 Å². The molecule has 8 aromatic rings. The van der Waals surface area contributed by atoms with E-state index in [1.807, 2.05) is 24.4 Å². The van der Waals surface area contributed by atoms with Gasteiger partial charge >= 0.3 is 0 Å². The average molecular weight is 1070 g/mol. The molecule has 0 unspecified atom stereocenters. The molecule has 3 heterocycles. The minimum Gasteiger partial charge on any atom is -0.509 e. The Bertz CT molecular complexity index is 3080. The molecule has 0 saturated carbocycles. The molecule has 0 aliphatic carbocycles. The largest absolute Gasteiger partial charge is 0.509 e. The zero-order chi connectivity index (χ0) is 47.1. The number of nitrogens with zero attached hydrogens (tertiary/aromatic N) is 4. The summed E-state index contributed by atoms with van der Waals surface area (Å²) in [7, 11) is 0. The minimum absolute atomic E-state index is 0. The molecule has 0 saturated heterocycles. The molecule has 6 aromatic carbocycles. The molecule has 0 fully saturated rings. The predicted octanol–water partition coefficient (Wildman–Crippen LogP) is 16.5. The summed E-state index contributed by atoms with van der Waals surface area (Å²) in [6.07, 6.45) is 1.93. The molecule has 1 aliphatic heterocycles. The van der Waals surface area contributed by atoms with Crippen molar-refractivity contribution in [2.45, 2.75) is 124 Å². The molecule has 0 bridgehead atoms. The average Bonchev–Trinajstić information content (AvgIpc) is 3.81. The molecule has 9 rings (SSSR count). The number of anilines is 4. The third-order valence-electron chi connectivity index (χ3n) is 13.5. The van der Waals surface area contributed by atoms with Gasteiger partial charge in [0.1, 0.15) is 5.82 Å². The summed E-state index contributed by atoms with van der Waals surface area (Å²) in [4.78, 5) is 9.60. The molecular weight excluding hydrogens is 1000 g/mol. The second kappa shape index (κ2) is 17.1. The first-order valence-electron chi connectivity index (χ1n) is 23.4. The number of pyridine rings is 1. The van der Waals surface area contributed by atoms with Gasteiger partial charge < -0.3 is 19.1 Å². The maximum atomic E-state index is 6.76. The summed E-state index contributed by atoms with van der Waals surface area (Å²) in [5.74, 6) is 2.05. The normalized spacial score (nSPS) is 13.6. The number of hydrogen-bond acceptors (Lipinski definition) is 4. The van der Waals surface area contributed by atoms with E-state index >= 15 is 0 Å². The van der Waals surface area contributed by atoms with Crippen LogP contribution in [-0.2, 0) is 48.1 Å². The standard InChI is InChI=1S/C61H65N4O.Pt/c1-57(2,3)41-23-27-52-51(34-41)50-26-25-49(38-54(50)65(52)56-36-43(29-30-62-56)61(13,14)40-19-16-15-17-20-40)66-48-22-18-21-46(37-48)63-39-64(55-35-42(58(4,5)6)24-28-53(55)63)47-32-44(59(7,8)9)31-45(33-47)60(10,11)12;/h15-36,39H,1-14H3;/q-3;. The first-order chi connectivity index (χ1) is 31.0. The summed E-state index contributed by atoms with van der Waals surface area (Å²) in [6, 6.07) is 53.5. The van der Waals surface area contributed by atoms with Gasteiger partial charge in [0, 0.05) is 66.8 Å². The van der Waals surface area contributed by atoms with E-state index in [4.69, 9.17) is 9.72 Å². The molecule has 6 heteroatoms. The van der Waals surface area contributed by atoms with Crippen molar-refractivity contribution in [2.75, 3.05) is 9.80 Å². The van der Waals surface area contributed by atoms with Gasteiger partial charge in [-0.1, -0.05) is 157 Å². The third-order valence-corrected chi connectivity index (χ3v) is 13.5. The summed E-state index contributed by atoms with van der Waals surface area (Å²) >= 11 is 0. The number of hydrogen-bond donors (Lipinski definition) is 0.